The monoisotopic (exact) mass is 305 g/mol. The fraction of sp³-hybridized carbons (Fsp3) is 0.429. The summed E-state index contributed by atoms with van der Waals surface area (Å²) < 4.78 is 1.80. The van der Waals surface area contributed by atoms with Gasteiger partial charge in [-0.05, 0) is 25.7 Å². The number of aryl methyl sites for hydroxylation is 2. The van der Waals surface area contributed by atoms with Gasteiger partial charge in [-0.2, -0.15) is 5.10 Å². The van der Waals surface area contributed by atoms with Crippen LogP contribution in [0.2, 0.25) is 0 Å². The van der Waals surface area contributed by atoms with Crippen molar-refractivity contribution < 1.29 is 4.79 Å². The smallest absolute Gasteiger partial charge is 0.260 e. The molecule has 112 valence electrons. The second kappa shape index (κ2) is 5.07. The number of carbonyl (C=O) groups is 1. The Morgan fingerprint density at radius 3 is 2.81 bits per heavy atom. The molecule has 2 heterocycles. The molecule has 2 aromatic heterocycles. The van der Waals surface area contributed by atoms with Gasteiger partial charge in [0.25, 0.3) is 5.91 Å². The van der Waals surface area contributed by atoms with E-state index in [2.05, 4.69) is 10.4 Å². The van der Waals surface area contributed by atoms with Crippen LogP contribution in [0.25, 0.3) is 0 Å². The number of carbonyl (C=O) groups excluding carboxylic acids is 1. The first-order valence-electron chi connectivity index (χ1n) is 6.92. The van der Waals surface area contributed by atoms with Crippen LogP contribution >= 0.6 is 11.3 Å². The van der Waals surface area contributed by atoms with E-state index in [1.54, 1.807) is 4.68 Å². The number of thiophene rings is 1. The fourth-order valence-electron chi connectivity index (χ4n) is 2.55. The van der Waals surface area contributed by atoms with Crippen molar-refractivity contribution in [3.05, 3.63) is 27.9 Å². The number of aromatic nitrogens is 2. The lowest BCUT2D eigenvalue weighted by Crippen LogP contribution is -2.11. The number of nitrogens with zero attached hydrogens (tertiary/aromatic N) is 2. The van der Waals surface area contributed by atoms with Crippen molar-refractivity contribution in [2.24, 2.45) is 12.8 Å². The lowest BCUT2D eigenvalue weighted by Gasteiger charge is -2.06. The predicted molar refractivity (Wildman–Crippen MR) is 84.5 cm³/mol. The van der Waals surface area contributed by atoms with Gasteiger partial charge in [0.15, 0.2) is 0 Å². The van der Waals surface area contributed by atoms with E-state index >= 15 is 0 Å². The zero-order chi connectivity index (χ0) is 15.1. The molecule has 1 saturated carbocycles. The molecule has 5 N–H and O–H groups in total. The largest absolute Gasteiger partial charge is 0.397 e. The molecule has 0 aromatic carbocycles. The van der Waals surface area contributed by atoms with Gasteiger partial charge in [0, 0.05) is 30.9 Å². The van der Waals surface area contributed by atoms with E-state index in [1.165, 1.54) is 11.3 Å². The van der Waals surface area contributed by atoms with Crippen molar-refractivity contribution in [2.45, 2.75) is 32.2 Å². The topological polar surface area (TPSA) is 99.0 Å². The Labute approximate surface area is 127 Å². The number of nitrogen functional groups attached to an aromatic ring is 1. The molecular formula is C14H19N5OS. The third-order valence-electron chi connectivity index (χ3n) is 3.75. The molecule has 1 amide bonds. The Morgan fingerprint density at radius 2 is 2.29 bits per heavy atom. The van der Waals surface area contributed by atoms with Crippen LogP contribution in [-0.4, -0.2) is 15.7 Å². The molecule has 6 nitrogen and oxygen atoms in total. The molecule has 0 saturated heterocycles. The summed E-state index contributed by atoms with van der Waals surface area (Å²) in [5.74, 6) is 0.0110. The minimum absolute atomic E-state index is 0.454. The first-order valence-corrected chi connectivity index (χ1v) is 7.74. The van der Waals surface area contributed by atoms with Crippen LogP contribution in [0.15, 0.2) is 6.20 Å². The Bertz CT molecular complexity index is 699. The van der Waals surface area contributed by atoms with Gasteiger partial charge in [-0.25, -0.2) is 0 Å². The van der Waals surface area contributed by atoms with Crippen molar-refractivity contribution in [2.75, 3.05) is 11.1 Å². The molecular weight excluding hydrogens is 286 g/mol. The van der Waals surface area contributed by atoms with Crippen molar-refractivity contribution in [3.63, 3.8) is 0 Å². The third-order valence-corrected chi connectivity index (χ3v) is 4.94. The lowest BCUT2D eigenvalue weighted by molar-refractivity contribution is 0.100. The van der Waals surface area contributed by atoms with Gasteiger partial charge in [-0.15, -0.1) is 11.3 Å². The molecule has 1 aliphatic carbocycles. The predicted octanol–water partition coefficient (Wildman–Crippen LogP) is 1.96. The normalized spacial score (nSPS) is 14.4. The molecule has 3 rings (SSSR count). The number of amides is 1. The number of nitrogens with two attached hydrogens (primary N) is 2. The van der Waals surface area contributed by atoms with Crippen molar-refractivity contribution in [1.82, 2.24) is 9.78 Å². The van der Waals surface area contributed by atoms with Gasteiger partial charge >= 0.3 is 0 Å². The summed E-state index contributed by atoms with van der Waals surface area (Å²) in [6.45, 7) is 2.65. The fourth-order valence-corrected chi connectivity index (χ4v) is 3.60. The van der Waals surface area contributed by atoms with Crippen LogP contribution in [0, 0.1) is 6.92 Å². The molecule has 2 aromatic rings. The van der Waals surface area contributed by atoms with E-state index in [0.29, 0.717) is 23.0 Å². The van der Waals surface area contributed by atoms with Crippen molar-refractivity contribution in [3.8, 4) is 0 Å². The van der Waals surface area contributed by atoms with Gasteiger partial charge in [0.05, 0.1) is 16.4 Å². The number of hydrogen-bond acceptors (Lipinski definition) is 5. The van der Waals surface area contributed by atoms with Gasteiger partial charge in [-0.1, -0.05) is 0 Å². The SMILES string of the molecule is Cc1nn(C)cc1CNc1sc(C(N)=O)c(N)c1C1CC1. The molecule has 0 spiro atoms. The number of nitrogens with one attached hydrogen (secondary N) is 1. The molecule has 1 aliphatic rings. The maximum atomic E-state index is 11.5. The quantitative estimate of drug-likeness (QED) is 0.786. The average Bonchev–Trinajstić information content (AvgIpc) is 3.11. The second-order valence-electron chi connectivity index (χ2n) is 5.49. The van der Waals surface area contributed by atoms with Crippen LogP contribution in [0.3, 0.4) is 0 Å². The number of anilines is 2. The zero-order valence-corrected chi connectivity index (χ0v) is 13.0. The van der Waals surface area contributed by atoms with Crippen LogP contribution in [0.1, 0.15) is 45.3 Å². The van der Waals surface area contributed by atoms with E-state index in [0.717, 1.165) is 34.7 Å². The molecule has 21 heavy (non-hydrogen) atoms. The van der Waals surface area contributed by atoms with E-state index in [4.69, 9.17) is 11.5 Å². The molecule has 0 unspecified atom stereocenters. The Hall–Kier alpha value is -2.02. The summed E-state index contributed by atoms with van der Waals surface area (Å²) in [6.07, 6.45) is 4.24. The maximum Gasteiger partial charge on any atom is 0.260 e. The van der Waals surface area contributed by atoms with E-state index in [1.807, 2.05) is 20.2 Å². The van der Waals surface area contributed by atoms with E-state index < -0.39 is 5.91 Å². The first-order chi connectivity index (χ1) is 9.97. The molecule has 0 radical (unpaired) electrons. The minimum Gasteiger partial charge on any atom is -0.397 e. The summed E-state index contributed by atoms with van der Waals surface area (Å²) >= 11 is 1.36. The van der Waals surface area contributed by atoms with E-state index in [9.17, 15) is 4.79 Å². The summed E-state index contributed by atoms with van der Waals surface area (Å²) in [5, 5.41) is 8.69. The van der Waals surface area contributed by atoms with Crippen molar-refractivity contribution in [1.29, 1.82) is 0 Å². The van der Waals surface area contributed by atoms with Crippen LogP contribution in [-0.2, 0) is 13.6 Å². The van der Waals surface area contributed by atoms with Crippen LogP contribution in [0.4, 0.5) is 10.7 Å². The Balaban J connectivity index is 1.86. The molecule has 0 bridgehead atoms. The van der Waals surface area contributed by atoms with Gasteiger partial charge in [0.2, 0.25) is 0 Å². The highest BCUT2D eigenvalue weighted by Gasteiger charge is 2.32. The van der Waals surface area contributed by atoms with Crippen molar-refractivity contribution >= 4 is 27.9 Å². The molecule has 1 fully saturated rings. The average molecular weight is 305 g/mol. The number of primary amides is 1. The summed E-state index contributed by atoms with van der Waals surface area (Å²) in [7, 11) is 1.90. The first kappa shape index (κ1) is 13.9. The highest BCUT2D eigenvalue weighted by Crippen LogP contribution is 2.50. The highest BCUT2D eigenvalue weighted by molar-refractivity contribution is 7.18. The maximum absolute atomic E-state index is 11.5. The van der Waals surface area contributed by atoms with Gasteiger partial charge in [-0.3, -0.25) is 9.48 Å². The minimum atomic E-state index is -0.454. The summed E-state index contributed by atoms with van der Waals surface area (Å²) in [6, 6.07) is 0. The zero-order valence-electron chi connectivity index (χ0n) is 12.1. The summed E-state index contributed by atoms with van der Waals surface area (Å²) in [4.78, 5) is 11.9. The Morgan fingerprint density at radius 1 is 1.57 bits per heavy atom. The molecule has 0 atom stereocenters. The second-order valence-corrected chi connectivity index (χ2v) is 6.51. The molecule has 0 aliphatic heterocycles. The van der Waals surface area contributed by atoms with Crippen LogP contribution < -0.4 is 16.8 Å². The van der Waals surface area contributed by atoms with Gasteiger partial charge < -0.3 is 16.8 Å². The van der Waals surface area contributed by atoms with E-state index in [-0.39, 0.29) is 0 Å². The number of hydrogen-bond donors (Lipinski definition) is 3. The van der Waals surface area contributed by atoms with Gasteiger partial charge in [0.1, 0.15) is 4.88 Å². The van der Waals surface area contributed by atoms with Crippen LogP contribution in [0.5, 0.6) is 0 Å². The highest BCUT2D eigenvalue weighted by atomic mass is 32.1. The standard InChI is InChI=1S/C14H19N5OS/c1-7-9(6-19(2)18-7)5-17-14-10(8-3-4-8)11(15)12(21-14)13(16)20/h6,8,17H,3-5,15H2,1-2H3,(H2,16,20). The lowest BCUT2D eigenvalue weighted by atomic mass is 10.1. The third kappa shape index (κ3) is 2.61. The Kier molecular flexibility index (Phi) is 3.36. The number of rotatable bonds is 5. The molecule has 7 heteroatoms. The summed E-state index contributed by atoms with van der Waals surface area (Å²) in [5.41, 5.74) is 15.3.